The molecule has 4 nitrogen and oxygen atoms in total. The van der Waals surface area contributed by atoms with E-state index in [4.69, 9.17) is 4.74 Å². The second-order valence-corrected chi connectivity index (χ2v) is 3.48. The second-order valence-electron chi connectivity index (χ2n) is 3.48. The maximum atomic E-state index is 5.38. The van der Waals surface area contributed by atoms with Crippen LogP contribution in [-0.2, 0) is 4.74 Å². The molecule has 1 aromatic heterocycles. The lowest BCUT2D eigenvalue weighted by Gasteiger charge is -2.07. The topological polar surface area (TPSA) is 50.3 Å². The molecular weight excluding hydrogens is 154 g/mol. The molecule has 0 aliphatic carbocycles. The Morgan fingerprint density at radius 2 is 2.42 bits per heavy atom. The van der Waals surface area contributed by atoms with Crippen LogP contribution in [0.3, 0.4) is 0 Å². The van der Waals surface area contributed by atoms with Crippen molar-refractivity contribution in [2.75, 3.05) is 6.61 Å². The minimum Gasteiger partial charge on any atom is -0.474 e. The van der Waals surface area contributed by atoms with Gasteiger partial charge in [0.2, 0.25) is 5.90 Å². The molecule has 0 spiro atoms. The summed E-state index contributed by atoms with van der Waals surface area (Å²) < 4.78 is 5.38. The number of aromatic nitrogens is 2. The highest BCUT2D eigenvalue weighted by molar-refractivity contribution is 5.93. The lowest BCUT2D eigenvalue weighted by atomic mass is 10.1. The van der Waals surface area contributed by atoms with Crippen LogP contribution in [0.4, 0.5) is 0 Å². The van der Waals surface area contributed by atoms with E-state index < -0.39 is 0 Å². The lowest BCUT2D eigenvalue weighted by Crippen LogP contribution is -2.17. The van der Waals surface area contributed by atoms with Crippen molar-refractivity contribution in [1.29, 1.82) is 0 Å². The van der Waals surface area contributed by atoms with E-state index in [-0.39, 0.29) is 5.54 Å². The summed E-state index contributed by atoms with van der Waals surface area (Å²) in [7, 11) is 0. The highest BCUT2D eigenvalue weighted by Gasteiger charge is 2.27. The van der Waals surface area contributed by atoms with Crippen LogP contribution >= 0.6 is 0 Å². The van der Waals surface area contributed by atoms with E-state index in [0.29, 0.717) is 12.5 Å². The summed E-state index contributed by atoms with van der Waals surface area (Å²) in [5.74, 6) is 0.640. The first-order valence-corrected chi connectivity index (χ1v) is 3.90. The summed E-state index contributed by atoms with van der Waals surface area (Å²) in [4.78, 5) is 4.37. The summed E-state index contributed by atoms with van der Waals surface area (Å²) in [6.07, 6.45) is 1.76. The van der Waals surface area contributed by atoms with Gasteiger partial charge >= 0.3 is 0 Å². The van der Waals surface area contributed by atoms with Crippen LogP contribution in [0.1, 0.15) is 19.5 Å². The van der Waals surface area contributed by atoms with Gasteiger partial charge in [-0.25, -0.2) is 4.99 Å². The Kier molecular flexibility index (Phi) is 1.43. The van der Waals surface area contributed by atoms with E-state index in [1.165, 1.54) is 0 Å². The predicted octanol–water partition coefficient (Wildman–Crippen LogP) is 0.965. The summed E-state index contributed by atoms with van der Waals surface area (Å²) in [5.41, 5.74) is 0.675. The van der Waals surface area contributed by atoms with Gasteiger partial charge in [0.05, 0.1) is 5.54 Å². The highest BCUT2D eigenvalue weighted by atomic mass is 16.5. The monoisotopic (exact) mass is 165 g/mol. The van der Waals surface area contributed by atoms with Gasteiger partial charge in [-0.15, -0.1) is 0 Å². The molecule has 0 saturated heterocycles. The van der Waals surface area contributed by atoms with Crippen LogP contribution in [0, 0.1) is 0 Å². The summed E-state index contributed by atoms with van der Waals surface area (Å²) in [6, 6.07) is 1.85. The molecule has 0 radical (unpaired) electrons. The van der Waals surface area contributed by atoms with E-state index >= 15 is 0 Å². The average molecular weight is 165 g/mol. The maximum absolute atomic E-state index is 5.38. The normalized spacial score (nSPS) is 20.3. The second kappa shape index (κ2) is 2.33. The maximum Gasteiger partial charge on any atom is 0.237 e. The number of aromatic amines is 1. The van der Waals surface area contributed by atoms with Crippen LogP contribution < -0.4 is 0 Å². The van der Waals surface area contributed by atoms with Crippen molar-refractivity contribution in [2.24, 2.45) is 4.99 Å². The molecule has 0 fully saturated rings. The molecule has 0 aromatic carbocycles. The molecule has 2 rings (SSSR count). The molecule has 1 N–H and O–H groups in total. The first-order chi connectivity index (χ1) is 5.67. The quantitative estimate of drug-likeness (QED) is 0.674. The molecule has 0 saturated carbocycles. The van der Waals surface area contributed by atoms with Gasteiger partial charge in [0, 0.05) is 6.20 Å². The van der Waals surface area contributed by atoms with Crippen LogP contribution in [0.25, 0.3) is 0 Å². The highest BCUT2D eigenvalue weighted by Crippen LogP contribution is 2.19. The third kappa shape index (κ3) is 1.20. The van der Waals surface area contributed by atoms with Gasteiger partial charge in [0.15, 0.2) is 0 Å². The van der Waals surface area contributed by atoms with Crippen molar-refractivity contribution in [2.45, 2.75) is 19.4 Å². The molecule has 4 heteroatoms. The SMILES string of the molecule is CC1(C)COC(c2cc[nH]n2)=N1. The van der Waals surface area contributed by atoms with E-state index in [2.05, 4.69) is 15.2 Å². The minimum atomic E-state index is -0.103. The number of hydrogen-bond donors (Lipinski definition) is 1. The third-order valence-corrected chi connectivity index (χ3v) is 1.69. The lowest BCUT2D eigenvalue weighted by molar-refractivity contribution is 0.279. The molecule has 2 heterocycles. The molecule has 1 aliphatic rings. The molecule has 0 atom stereocenters. The number of aliphatic imine (C=N–C) groups is 1. The molecule has 1 aliphatic heterocycles. The van der Waals surface area contributed by atoms with Crippen molar-refractivity contribution in [1.82, 2.24) is 10.2 Å². The zero-order chi connectivity index (χ0) is 8.60. The first-order valence-electron chi connectivity index (χ1n) is 3.90. The Labute approximate surface area is 70.7 Å². The van der Waals surface area contributed by atoms with Gasteiger partial charge in [-0.2, -0.15) is 5.10 Å². The predicted molar refractivity (Wildman–Crippen MR) is 45.2 cm³/mol. The Bertz CT molecular complexity index is 300. The zero-order valence-corrected chi connectivity index (χ0v) is 7.16. The summed E-state index contributed by atoms with van der Waals surface area (Å²) >= 11 is 0. The molecule has 0 unspecified atom stereocenters. The summed E-state index contributed by atoms with van der Waals surface area (Å²) in [5, 5.41) is 6.71. The molecule has 0 amide bonds. The number of H-pyrrole nitrogens is 1. The van der Waals surface area contributed by atoms with Gasteiger partial charge in [-0.1, -0.05) is 0 Å². The van der Waals surface area contributed by atoms with Crippen LogP contribution in [0.5, 0.6) is 0 Å². The number of ether oxygens (including phenoxy) is 1. The zero-order valence-electron chi connectivity index (χ0n) is 7.16. The molecule has 1 aromatic rings. The fourth-order valence-electron chi connectivity index (χ4n) is 1.10. The molecule has 64 valence electrons. The van der Waals surface area contributed by atoms with Gasteiger partial charge in [-0.05, 0) is 19.9 Å². The van der Waals surface area contributed by atoms with Gasteiger partial charge in [0.25, 0.3) is 0 Å². The van der Waals surface area contributed by atoms with Crippen molar-refractivity contribution >= 4 is 5.90 Å². The standard InChI is InChI=1S/C8H11N3O/c1-8(2)5-12-7(10-8)6-3-4-9-11-6/h3-4H,5H2,1-2H3,(H,9,11). The smallest absolute Gasteiger partial charge is 0.237 e. The van der Waals surface area contributed by atoms with Crippen molar-refractivity contribution in [3.05, 3.63) is 18.0 Å². The van der Waals surface area contributed by atoms with Crippen molar-refractivity contribution < 1.29 is 4.74 Å². The molecule has 12 heavy (non-hydrogen) atoms. The number of rotatable bonds is 1. The van der Waals surface area contributed by atoms with E-state index in [9.17, 15) is 0 Å². The number of nitrogens with zero attached hydrogens (tertiary/aromatic N) is 2. The van der Waals surface area contributed by atoms with Crippen LogP contribution in [0.15, 0.2) is 17.3 Å². The van der Waals surface area contributed by atoms with Crippen LogP contribution in [0.2, 0.25) is 0 Å². The largest absolute Gasteiger partial charge is 0.474 e. The van der Waals surface area contributed by atoms with E-state index in [1.54, 1.807) is 6.20 Å². The van der Waals surface area contributed by atoms with Gasteiger partial charge in [-0.3, -0.25) is 5.10 Å². The Hall–Kier alpha value is -1.32. The summed E-state index contributed by atoms with van der Waals surface area (Å²) in [6.45, 7) is 4.70. The third-order valence-electron chi connectivity index (χ3n) is 1.69. The minimum absolute atomic E-state index is 0.103. The van der Waals surface area contributed by atoms with Gasteiger partial charge < -0.3 is 4.74 Å². The Morgan fingerprint density at radius 1 is 1.58 bits per heavy atom. The van der Waals surface area contributed by atoms with E-state index in [0.717, 1.165) is 5.69 Å². The fourth-order valence-corrected chi connectivity index (χ4v) is 1.10. The fraction of sp³-hybridized carbons (Fsp3) is 0.500. The molecular formula is C8H11N3O. The van der Waals surface area contributed by atoms with E-state index in [1.807, 2.05) is 19.9 Å². The van der Waals surface area contributed by atoms with Crippen LogP contribution in [-0.4, -0.2) is 28.2 Å². The number of hydrogen-bond acceptors (Lipinski definition) is 3. The Morgan fingerprint density at radius 3 is 2.92 bits per heavy atom. The first kappa shape index (κ1) is 7.34. The number of nitrogens with one attached hydrogen (secondary N) is 1. The molecule has 0 bridgehead atoms. The van der Waals surface area contributed by atoms with Crippen molar-refractivity contribution in [3.8, 4) is 0 Å². The Balaban J connectivity index is 2.28. The van der Waals surface area contributed by atoms with Gasteiger partial charge in [0.1, 0.15) is 12.3 Å². The van der Waals surface area contributed by atoms with Crippen molar-refractivity contribution in [3.63, 3.8) is 0 Å². The average Bonchev–Trinajstić information content (AvgIpc) is 2.55.